The summed E-state index contributed by atoms with van der Waals surface area (Å²) in [6.07, 6.45) is 3.15. The lowest BCUT2D eigenvalue weighted by atomic mass is 9.80. The van der Waals surface area contributed by atoms with E-state index >= 15 is 0 Å². The molecule has 0 spiro atoms. The average molecular weight is 256 g/mol. The van der Waals surface area contributed by atoms with Gasteiger partial charge >= 0.3 is 5.97 Å². The number of amides is 1. The van der Waals surface area contributed by atoms with Crippen molar-refractivity contribution in [3.05, 3.63) is 0 Å². The Hall–Kier alpha value is -1.10. The molecule has 0 bridgehead atoms. The van der Waals surface area contributed by atoms with Crippen LogP contribution >= 0.6 is 0 Å². The molecule has 104 valence electrons. The molecule has 0 heterocycles. The summed E-state index contributed by atoms with van der Waals surface area (Å²) in [4.78, 5) is 23.2. The zero-order chi connectivity index (χ0) is 13.7. The standard InChI is InChI=1S/C13H24N2O3/c1-4-18-13(17)11(14)12(16)15-10-6-5-8(2)7-9(10)3/h8-11H,4-7,14H2,1-3H3,(H,15,16). The van der Waals surface area contributed by atoms with Gasteiger partial charge in [-0.15, -0.1) is 0 Å². The minimum Gasteiger partial charge on any atom is -0.464 e. The summed E-state index contributed by atoms with van der Waals surface area (Å²) in [6.45, 7) is 6.26. The summed E-state index contributed by atoms with van der Waals surface area (Å²) >= 11 is 0. The molecule has 1 amide bonds. The zero-order valence-electron chi connectivity index (χ0n) is 11.4. The molecule has 1 fully saturated rings. The van der Waals surface area contributed by atoms with Gasteiger partial charge in [0, 0.05) is 6.04 Å². The Morgan fingerprint density at radius 1 is 1.39 bits per heavy atom. The first-order chi connectivity index (χ1) is 8.45. The monoisotopic (exact) mass is 256 g/mol. The van der Waals surface area contributed by atoms with Crippen molar-refractivity contribution in [3.63, 3.8) is 0 Å². The van der Waals surface area contributed by atoms with Crippen molar-refractivity contribution in [2.45, 2.75) is 52.1 Å². The van der Waals surface area contributed by atoms with Crippen molar-refractivity contribution in [2.75, 3.05) is 6.61 Å². The largest absolute Gasteiger partial charge is 0.464 e. The molecule has 1 saturated carbocycles. The Morgan fingerprint density at radius 2 is 2.06 bits per heavy atom. The summed E-state index contributed by atoms with van der Waals surface area (Å²) in [5, 5.41) is 2.86. The van der Waals surface area contributed by atoms with Crippen LogP contribution < -0.4 is 11.1 Å². The number of rotatable bonds is 4. The summed E-state index contributed by atoms with van der Waals surface area (Å²) < 4.78 is 4.73. The van der Waals surface area contributed by atoms with Crippen molar-refractivity contribution in [3.8, 4) is 0 Å². The van der Waals surface area contributed by atoms with E-state index < -0.39 is 17.9 Å². The summed E-state index contributed by atoms with van der Waals surface area (Å²) in [6, 6.07) is -1.09. The Bertz CT molecular complexity index is 307. The van der Waals surface area contributed by atoms with Gasteiger partial charge in [-0.05, 0) is 38.0 Å². The van der Waals surface area contributed by atoms with Crippen molar-refractivity contribution < 1.29 is 14.3 Å². The second-order valence-electron chi connectivity index (χ2n) is 5.24. The third-order valence-corrected chi connectivity index (χ3v) is 3.58. The van der Waals surface area contributed by atoms with Gasteiger partial charge in [0.15, 0.2) is 6.04 Å². The van der Waals surface area contributed by atoms with Crippen LogP contribution in [-0.4, -0.2) is 30.6 Å². The summed E-state index contributed by atoms with van der Waals surface area (Å²) in [5.41, 5.74) is 5.55. The maximum absolute atomic E-state index is 11.8. The molecule has 1 aliphatic rings. The second kappa shape index (κ2) is 6.73. The van der Waals surface area contributed by atoms with E-state index in [9.17, 15) is 9.59 Å². The minimum atomic E-state index is -1.21. The first-order valence-electron chi connectivity index (χ1n) is 6.68. The van der Waals surface area contributed by atoms with E-state index in [0.29, 0.717) is 11.8 Å². The lowest BCUT2D eigenvalue weighted by Crippen LogP contribution is -2.52. The highest BCUT2D eigenvalue weighted by Gasteiger charge is 2.30. The number of hydrogen-bond acceptors (Lipinski definition) is 4. The molecule has 0 aromatic heterocycles. The fourth-order valence-electron chi connectivity index (χ4n) is 2.49. The first kappa shape index (κ1) is 15.0. The number of hydrogen-bond donors (Lipinski definition) is 2. The summed E-state index contributed by atoms with van der Waals surface area (Å²) in [7, 11) is 0. The van der Waals surface area contributed by atoms with E-state index in [0.717, 1.165) is 19.3 Å². The van der Waals surface area contributed by atoms with E-state index in [-0.39, 0.29) is 12.6 Å². The third-order valence-electron chi connectivity index (χ3n) is 3.58. The predicted octanol–water partition coefficient (Wildman–Crippen LogP) is 0.818. The zero-order valence-corrected chi connectivity index (χ0v) is 11.4. The maximum atomic E-state index is 11.8. The first-order valence-corrected chi connectivity index (χ1v) is 6.68. The molecular formula is C13H24N2O3. The van der Waals surface area contributed by atoms with Crippen molar-refractivity contribution in [2.24, 2.45) is 17.6 Å². The van der Waals surface area contributed by atoms with Gasteiger partial charge in [-0.1, -0.05) is 13.8 Å². The Labute approximate surface area is 108 Å². The number of carbonyl (C=O) groups excluding carboxylic acids is 2. The van der Waals surface area contributed by atoms with Crippen LogP contribution in [0.1, 0.15) is 40.0 Å². The van der Waals surface area contributed by atoms with Crippen LogP contribution in [0, 0.1) is 11.8 Å². The lowest BCUT2D eigenvalue weighted by Gasteiger charge is -2.33. The average Bonchev–Trinajstić information content (AvgIpc) is 2.32. The highest BCUT2D eigenvalue weighted by molar-refractivity contribution is 6.01. The topological polar surface area (TPSA) is 81.4 Å². The molecule has 0 aliphatic heterocycles. The number of carbonyl (C=O) groups is 2. The minimum absolute atomic E-state index is 0.120. The maximum Gasteiger partial charge on any atom is 0.332 e. The van der Waals surface area contributed by atoms with Gasteiger partial charge in [0.25, 0.3) is 0 Å². The van der Waals surface area contributed by atoms with E-state index in [1.165, 1.54) is 0 Å². The number of nitrogens with one attached hydrogen (secondary N) is 1. The Balaban J connectivity index is 2.46. The van der Waals surface area contributed by atoms with Gasteiger partial charge in [-0.25, -0.2) is 4.79 Å². The molecule has 5 heteroatoms. The van der Waals surface area contributed by atoms with E-state index in [4.69, 9.17) is 10.5 Å². The van der Waals surface area contributed by atoms with Gasteiger partial charge in [0.2, 0.25) is 5.91 Å². The molecule has 0 aromatic rings. The second-order valence-corrected chi connectivity index (χ2v) is 5.24. The van der Waals surface area contributed by atoms with E-state index in [2.05, 4.69) is 19.2 Å². The number of ether oxygens (including phenoxy) is 1. The smallest absolute Gasteiger partial charge is 0.332 e. The number of esters is 1. The van der Waals surface area contributed by atoms with Crippen molar-refractivity contribution >= 4 is 11.9 Å². The fraction of sp³-hybridized carbons (Fsp3) is 0.846. The fourth-order valence-corrected chi connectivity index (χ4v) is 2.49. The van der Waals surface area contributed by atoms with Crippen LogP contribution in [0.4, 0.5) is 0 Å². The van der Waals surface area contributed by atoms with Crippen molar-refractivity contribution in [1.82, 2.24) is 5.32 Å². The predicted molar refractivity (Wildman–Crippen MR) is 68.7 cm³/mol. The van der Waals surface area contributed by atoms with Gasteiger partial charge in [0.1, 0.15) is 0 Å². The molecule has 4 unspecified atom stereocenters. The normalized spacial score (nSPS) is 29.4. The van der Waals surface area contributed by atoms with Crippen LogP contribution in [0.25, 0.3) is 0 Å². The third kappa shape index (κ3) is 3.98. The van der Waals surface area contributed by atoms with Crippen LogP contribution in [0.5, 0.6) is 0 Å². The number of nitrogens with two attached hydrogens (primary N) is 1. The van der Waals surface area contributed by atoms with Gasteiger partial charge in [-0.2, -0.15) is 0 Å². The quantitative estimate of drug-likeness (QED) is 0.576. The molecule has 4 atom stereocenters. The molecule has 1 rings (SSSR count). The highest BCUT2D eigenvalue weighted by atomic mass is 16.5. The SMILES string of the molecule is CCOC(=O)C(N)C(=O)NC1CCC(C)CC1C. The van der Waals surface area contributed by atoms with Crippen LogP contribution in [0.2, 0.25) is 0 Å². The van der Waals surface area contributed by atoms with Crippen molar-refractivity contribution in [1.29, 1.82) is 0 Å². The molecule has 18 heavy (non-hydrogen) atoms. The van der Waals surface area contributed by atoms with Gasteiger partial charge < -0.3 is 15.8 Å². The molecular weight excluding hydrogens is 232 g/mol. The van der Waals surface area contributed by atoms with E-state index in [1.54, 1.807) is 6.92 Å². The molecule has 0 saturated heterocycles. The molecule has 5 nitrogen and oxygen atoms in total. The summed E-state index contributed by atoms with van der Waals surface area (Å²) in [5.74, 6) is 0.0330. The molecule has 1 aliphatic carbocycles. The van der Waals surface area contributed by atoms with Crippen LogP contribution in [-0.2, 0) is 14.3 Å². The Kier molecular flexibility index (Phi) is 5.59. The van der Waals surface area contributed by atoms with E-state index in [1.807, 2.05) is 0 Å². The molecule has 0 aromatic carbocycles. The lowest BCUT2D eigenvalue weighted by molar-refractivity contribution is -0.148. The van der Waals surface area contributed by atoms with Gasteiger partial charge in [0.05, 0.1) is 6.61 Å². The molecule has 3 N–H and O–H groups in total. The van der Waals surface area contributed by atoms with Crippen LogP contribution in [0.15, 0.2) is 0 Å². The Morgan fingerprint density at radius 3 is 2.61 bits per heavy atom. The van der Waals surface area contributed by atoms with Gasteiger partial charge in [-0.3, -0.25) is 4.79 Å². The van der Waals surface area contributed by atoms with Crippen LogP contribution in [0.3, 0.4) is 0 Å². The molecule has 0 radical (unpaired) electrons. The highest BCUT2D eigenvalue weighted by Crippen LogP contribution is 2.28.